The summed E-state index contributed by atoms with van der Waals surface area (Å²) in [6.45, 7) is 6.20. The molecule has 0 spiro atoms. The van der Waals surface area contributed by atoms with Gasteiger partial charge in [-0.3, -0.25) is 0 Å². The van der Waals surface area contributed by atoms with Crippen LogP contribution >= 0.6 is 11.6 Å². The van der Waals surface area contributed by atoms with E-state index >= 15 is 0 Å². The number of piperazine rings is 1. The molecule has 0 N–H and O–H groups in total. The average Bonchev–Trinajstić information content (AvgIpc) is 2.55. The molecule has 1 saturated carbocycles. The third kappa shape index (κ3) is 4.24. The van der Waals surface area contributed by atoms with Crippen LogP contribution < -0.4 is 0 Å². The molecule has 0 amide bonds. The van der Waals surface area contributed by atoms with Crippen LogP contribution in [-0.4, -0.2) is 49.6 Å². The molecule has 1 saturated heterocycles. The number of benzene rings is 1. The number of hydrogen-bond donors (Lipinski definition) is 0. The lowest BCUT2D eigenvalue weighted by molar-refractivity contribution is 0.139. The van der Waals surface area contributed by atoms with Gasteiger partial charge in [-0.15, -0.1) is 0 Å². The van der Waals surface area contributed by atoms with Crippen molar-refractivity contribution in [2.75, 3.05) is 39.8 Å². The molecule has 0 aromatic heterocycles. The maximum Gasteiger partial charge on any atom is 0.0408 e. The smallest absolute Gasteiger partial charge is 0.0408 e. The van der Waals surface area contributed by atoms with E-state index in [1.165, 1.54) is 70.4 Å². The molecule has 1 aromatic carbocycles. The molecule has 1 aliphatic carbocycles. The topological polar surface area (TPSA) is 6.48 Å². The first-order valence-corrected chi connectivity index (χ1v) is 9.26. The van der Waals surface area contributed by atoms with Crippen molar-refractivity contribution in [3.63, 3.8) is 0 Å². The Morgan fingerprint density at radius 1 is 1.09 bits per heavy atom. The molecule has 3 rings (SSSR count). The first-order chi connectivity index (χ1) is 10.7. The van der Waals surface area contributed by atoms with Gasteiger partial charge in [-0.05, 0) is 62.4 Å². The lowest BCUT2D eigenvalue weighted by Crippen LogP contribution is -2.45. The summed E-state index contributed by atoms with van der Waals surface area (Å²) in [4.78, 5) is 5.09. The largest absolute Gasteiger partial charge is 0.304 e. The van der Waals surface area contributed by atoms with Crippen molar-refractivity contribution in [1.29, 1.82) is 0 Å². The molecule has 0 radical (unpaired) electrons. The van der Waals surface area contributed by atoms with Gasteiger partial charge in [-0.25, -0.2) is 0 Å². The Kier molecular flexibility index (Phi) is 5.78. The number of hydrogen-bond acceptors (Lipinski definition) is 2. The number of rotatable bonds is 4. The second-order valence-electron chi connectivity index (χ2n) is 7.14. The third-order valence-electron chi connectivity index (χ3n) is 5.60. The van der Waals surface area contributed by atoms with Crippen molar-refractivity contribution >= 4 is 11.6 Å². The zero-order valence-corrected chi connectivity index (χ0v) is 14.6. The van der Waals surface area contributed by atoms with Crippen LogP contribution in [0.15, 0.2) is 24.3 Å². The lowest BCUT2D eigenvalue weighted by atomic mass is 9.74. The van der Waals surface area contributed by atoms with E-state index in [0.29, 0.717) is 0 Å². The molecule has 1 aromatic rings. The van der Waals surface area contributed by atoms with Gasteiger partial charge in [-0.1, -0.05) is 36.6 Å². The lowest BCUT2D eigenvalue weighted by Gasteiger charge is -2.36. The first-order valence-electron chi connectivity index (χ1n) is 8.89. The van der Waals surface area contributed by atoms with Crippen LogP contribution in [0.25, 0.3) is 0 Å². The quantitative estimate of drug-likeness (QED) is 0.818. The van der Waals surface area contributed by atoms with Crippen LogP contribution in [0.2, 0.25) is 5.02 Å². The van der Waals surface area contributed by atoms with E-state index < -0.39 is 0 Å². The van der Waals surface area contributed by atoms with Gasteiger partial charge in [0, 0.05) is 31.2 Å². The molecule has 1 aliphatic heterocycles. The second kappa shape index (κ2) is 7.81. The predicted molar refractivity (Wildman–Crippen MR) is 94.7 cm³/mol. The molecule has 1 heterocycles. The van der Waals surface area contributed by atoms with Crippen LogP contribution in [0.1, 0.15) is 43.6 Å². The summed E-state index contributed by atoms with van der Waals surface area (Å²) in [7, 11) is 2.23. The van der Waals surface area contributed by atoms with Crippen LogP contribution in [0, 0.1) is 5.92 Å². The summed E-state index contributed by atoms with van der Waals surface area (Å²) >= 11 is 6.21. The maximum absolute atomic E-state index is 6.21. The van der Waals surface area contributed by atoms with Gasteiger partial charge in [0.05, 0.1) is 0 Å². The molecular formula is C19H29ClN2. The predicted octanol–water partition coefficient (Wildman–Crippen LogP) is 4.25. The Morgan fingerprint density at radius 2 is 1.86 bits per heavy atom. The fourth-order valence-corrected chi connectivity index (χ4v) is 4.35. The van der Waals surface area contributed by atoms with Gasteiger partial charge < -0.3 is 9.80 Å². The summed E-state index contributed by atoms with van der Waals surface area (Å²) in [6, 6.07) is 8.59. The van der Waals surface area contributed by atoms with E-state index in [2.05, 4.69) is 35.0 Å². The Bertz CT molecular complexity index is 468. The number of likely N-dealkylation sites (N-methyl/N-ethyl adjacent to an activating group) is 1. The van der Waals surface area contributed by atoms with Gasteiger partial charge in [0.15, 0.2) is 0 Å². The van der Waals surface area contributed by atoms with Crippen molar-refractivity contribution < 1.29 is 0 Å². The Morgan fingerprint density at radius 3 is 2.64 bits per heavy atom. The SMILES string of the molecule is CN1CCN(CCC2CCCCC2c2cccc(Cl)c2)CC1. The highest BCUT2D eigenvalue weighted by Crippen LogP contribution is 2.40. The molecule has 2 aliphatic rings. The fraction of sp³-hybridized carbons (Fsp3) is 0.684. The summed E-state index contributed by atoms with van der Waals surface area (Å²) < 4.78 is 0. The molecule has 2 fully saturated rings. The summed E-state index contributed by atoms with van der Waals surface area (Å²) in [5.74, 6) is 1.56. The highest BCUT2D eigenvalue weighted by Gasteiger charge is 2.27. The fourth-order valence-electron chi connectivity index (χ4n) is 4.15. The molecule has 122 valence electrons. The van der Waals surface area contributed by atoms with Crippen LogP contribution in [0.5, 0.6) is 0 Å². The third-order valence-corrected chi connectivity index (χ3v) is 5.83. The molecule has 2 nitrogen and oxygen atoms in total. The summed E-state index contributed by atoms with van der Waals surface area (Å²) in [5.41, 5.74) is 1.47. The molecule has 2 atom stereocenters. The molecule has 3 heteroatoms. The van der Waals surface area contributed by atoms with Gasteiger partial charge in [0.25, 0.3) is 0 Å². The molecular weight excluding hydrogens is 292 g/mol. The Labute approximate surface area is 140 Å². The zero-order valence-electron chi connectivity index (χ0n) is 13.8. The van der Waals surface area contributed by atoms with E-state index in [1.54, 1.807) is 0 Å². The zero-order chi connectivity index (χ0) is 15.4. The average molecular weight is 321 g/mol. The monoisotopic (exact) mass is 320 g/mol. The van der Waals surface area contributed by atoms with Gasteiger partial charge >= 0.3 is 0 Å². The van der Waals surface area contributed by atoms with Gasteiger partial charge in [-0.2, -0.15) is 0 Å². The Hall–Kier alpha value is -0.570. The minimum atomic E-state index is 0.722. The molecule has 2 unspecified atom stereocenters. The van der Waals surface area contributed by atoms with Crippen LogP contribution in [0.4, 0.5) is 0 Å². The van der Waals surface area contributed by atoms with Crippen molar-refractivity contribution in [2.45, 2.75) is 38.0 Å². The van der Waals surface area contributed by atoms with E-state index in [9.17, 15) is 0 Å². The summed E-state index contributed by atoms with van der Waals surface area (Å²) in [6.07, 6.45) is 6.87. The molecule has 0 bridgehead atoms. The minimum absolute atomic E-state index is 0.722. The highest BCUT2D eigenvalue weighted by atomic mass is 35.5. The van der Waals surface area contributed by atoms with E-state index in [4.69, 9.17) is 11.6 Å². The van der Waals surface area contributed by atoms with Crippen LogP contribution in [-0.2, 0) is 0 Å². The van der Waals surface area contributed by atoms with Gasteiger partial charge in [0.1, 0.15) is 0 Å². The summed E-state index contributed by atoms with van der Waals surface area (Å²) in [5, 5.41) is 0.890. The van der Waals surface area contributed by atoms with E-state index in [-0.39, 0.29) is 0 Å². The normalized spacial score (nSPS) is 27.9. The standard InChI is InChI=1S/C19H29ClN2/c1-21-11-13-22(14-12-21)10-9-16-5-2-3-8-19(16)17-6-4-7-18(20)15-17/h4,6-7,15-16,19H,2-3,5,8-14H2,1H3. The Balaban J connectivity index is 1.58. The second-order valence-corrected chi connectivity index (χ2v) is 7.58. The van der Waals surface area contributed by atoms with Crippen molar-refractivity contribution in [3.8, 4) is 0 Å². The van der Waals surface area contributed by atoms with Crippen LogP contribution in [0.3, 0.4) is 0 Å². The van der Waals surface area contributed by atoms with E-state index in [0.717, 1.165) is 16.9 Å². The van der Waals surface area contributed by atoms with Gasteiger partial charge in [0.2, 0.25) is 0 Å². The maximum atomic E-state index is 6.21. The van der Waals surface area contributed by atoms with Crippen molar-refractivity contribution in [3.05, 3.63) is 34.9 Å². The molecule has 22 heavy (non-hydrogen) atoms. The number of halogens is 1. The first kappa shape index (κ1) is 16.3. The van der Waals surface area contributed by atoms with E-state index in [1.807, 2.05) is 6.07 Å². The minimum Gasteiger partial charge on any atom is -0.304 e. The van der Waals surface area contributed by atoms with Crippen molar-refractivity contribution in [1.82, 2.24) is 9.80 Å². The van der Waals surface area contributed by atoms with Crippen molar-refractivity contribution in [2.24, 2.45) is 5.92 Å². The number of nitrogens with zero attached hydrogens (tertiary/aromatic N) is 2. The highest BCUT2D eigenvalue weighted by molar-refractivity contribution is 6.30.